The molecule has 1 aromatic rings. The molecule has 3 N–H and O–H groups in total. The van der Waals surface area contributed by atoms with Crippen molar-refractivity contribution in [3.8, 4) is 0 Å². The summed E-state index contributed by atoms with van der Waals surface area (Å²) in [5.41, 5.74) is 1.13. The summed E-state index contributed by atoms with van der Waals surface area (Å²) < 4.78 is 28.2. The van der Waals surface area contributed by atoms with Gasteiger partial charge in [-0.15, -0.1) is 0 Å². The average molecular weight is 300 g/mol. The minimum Gasteiger partial charge on any atom is -0.314 e. The summed E-state index contributed by atoms with van der Waals surface area (Å²) in [6.07, 6.45) is 3.01. The molecule has 0 radical (unpaired) electrons. The number of nitrogens with zero attached hydrogens (tertiary/aromatic N) is 1. The van der Waals surface area contributed by atoms with Crippen molar-refractivity contribution in [1.29, 1.82) is 0 Å². The molecule has 0 aromatic carbocycles. The molecule has 0 spiro atoms. The molecule has 0 amide bonds. The lowest BCUT2D eigenvalue weighted by molar-refractivity contribution is 0.313. The predicted molar refractivity (Wildman–Crippen MR) is 77.8 cm³/mol. The van der Waals surface area contributed by atoms with Gasteiger partial charge in [-0.25, -0.2) is 13.1 Å². The Labute approximate surface area is 120 Å². The predicted octanol–water partition coefficient (Wildman–Crippen LogP) is 1.29. The second-order valence-corrected chi connectivity index (χ2v) is 7.86. The molecule has 1 aromatic heterocycles. The first-order valence-electron chi connectivity index (χ1n) is 6.99. The Morgan fingerprint density at radius 2 is 2.15 bits per heavy atom. The third-order valence-electron chi connectivity index (χ3n) is 4.13. The average Bonchev–Trinajstić information content (AvgIpc) is 2.84. The molecule has 0 saturated heterocycles. The van der Waals surface area contributed by atoms with E-state index in [-0.39, 0.29) is 16.4 Å². The first kappa shape index (κ1) is 15.5. The maximum atomic E-state index is 12.7. The molecule has 1 aliphatic carbocycles. The fourth-order valence-electron chi connectivity index (χ4n) is 2.90. The highest BCUT2D eigenvalue weighted by Gasteiger charge is 2.38. The maximum absolute atomic E-state index is 12.7. The second kappa shape index (κ2) is 5.46. The zero-order valence-corrected chi connectivity index (χ0v) is 13.4. The number of H-pyrrole nitrogens is 1. The zero-order chi connectivity index (χ0) is 15.0. The van der Waals surface area contributed by atoms with E-state index in [1.165, 1.54) is 0 Å². The van der Waals surface area contributed by atoms with E-state index in [2.05, 4.69) is 34.1 Å². The van der Waals surface area contributed by atoms with Crippen LogP contribution < -0.4 is 10.0 Å². The maximum Gasteiger partial charge on any atom is 0.244 e. The van der Waals surface area contributed by atoms with Gasteiger partial charge in [0, 0.05) is 12.6 Å². The Balaban J connectivity index is 2.29. The number of nitrogens with one attached hydrogen (secondary N) is 3. The monoisotopic (exact) mass is 300 g/mol. The van der Waals surface area contributed by atoms with Gasteiger partial charge in [-0.2, -0.15) is 5.10 Å². The van der Waals surface area contributed by atoms with Crippen LogP contribution in [0.3, 0.4) is 0 Å². The molecule has 114 valence electrons. The molecule has 7 heteroatoms. The SMILES string of the molecule is CNCc1n[nH]c(C)c1S(=O)(=O)NC1CCCC1(C)C. The molecule has 0 aliphatic heterocycles. The highest BCUT2D eigenvalue weighted by molar-refractivity contribution is 7.89. The Morgan fingerprint density at radius 1 is 1.45 bits per heavy atom. The number of hydrogen-bond acceptors (Lipinski definition) is 4. The smallest absolute Gasteiger partial charge is 0.244 e. The fourth-order valence-corrected chi connectivity index (χ4v) is 4.71. The van der Waals surface area contributed by atoms with Crippen LogP contribution in [0.5, 0.6) is 0 Å². The number of aryl methyl sites for hydroxylation is 1. The summed E-state index contributed by atoms with van der Waals surface area (Å²) in [5.74, 6) is 0. The van der Waals surface area contributed by atoms with Crippen molar-refractivity contribution < 1.29 is 8.42 Å². The van der Waals surface area contributed by atoms with E-state index >= 15 is 0 Å². The van der Waals surface area contributed by atoms with E-state index in [0.717, 1.165) is 19.3 Å². The largest absolute Gasteiger partial charge is 0.314 e. The normalized spacial score (nSPS) is 22.3. The van der Waals surface area contributed by atoms with Crippen LogP contribution in [-0.4, -0.2) is 31.7 Å². The summed E-state index contributed by atoms with van der Waals surface area (Å²) in [6.45, 7) is 6.39. The van der Waals surface area contributed by atoms with Crippen molar-refractivity contribution >= 4 is 10.0 Å². The van der Waals surface area contributed by atoms with Gasteiger partial charge in [0.1, 0.15) is 4.90 Å². The second-order valence-electron chi connectivity index (χ2n) is 6.21. The van der Waals surface area contributed by atoms with Crippen LogP contribution in [0.4, 0.5) is 0 Å². The Bertz CT molecular complexity index is 577. The molecule has 1 fully saturated rings. The van der Waals surface area contributed by atoms with Crippen LogP contribution in [-0.2, 0) is 16.6 Å². The summed E-state index contributed by atoms with van der Waals surface area (Å²) in [6, 6.07) is -0.00997. The van der Waals surface area contributed by atoms with Crippen LogP contribution >= 0.6 is 0 Å². The number of hydrogen-bond donors (Lipinski definition) is 3. The summed E-state index contributed by atoms with van der Waals surface area (Å²) in [4.78, 5) is 0.287. The Morgan fingerprint density at radius 3 is 2.70 bits per heavy atom. The summed E-state index contributed by atoms with van der Waals surface area (Å²) in [7, 11) is -1.77. The van der Waals surface area contributed by atoms with Crippen molar-refractivity contribution in [3.63, 3.8) is 0 Å². The standard InChI is InChI=1S/C13H24N4O2S/c1-9-12(10(8-14-4)16-15-9)20(18,19)17-11-6-5-7-13(11,2)3/h11,14,17H,5-8H2,1-4H3,(H,15,16). The van der Waals surface area contributed by atoms with Gasteiger partial charge in [-0.1, -0.05) is 20.3 Å². The lowest BCUT2D eigenvalue weighted by Gasteiger charge is -2.27. The van der Waals surface area contributed by atoms with Gasteiger partial charge in [0.15, 0.2) is 0 Å². The van der Waals surface area contributed by atoms with E-state index in [0.29, 0.717) is 17.9 Å². The fraction of sp³-hybridized carbons (Fsp3) is 0.769. The molecule has 1 unspecified atom stereocenters. The highest BCUT2D eigenvalue weighted by Crippen LogP contribution is 2.38. The van der Waals surface area contributed by atoms with E-state index in [1.54, 1.807) is 14.0 Å². The molecule has 1 saturated carbocycles. The van der Waals surface area contributed by atoms with Crippen molar-refractivity contribution in [1.82, 2.24) is 20.2 Å². The summed E-state index contributed by atoms with van der Waals surface area (Å²) in [5, 5.41) is 9.79. The zero-order valence-electron chi connectivity index (χ0n) is 12.6. The first-order chi connectivity index (χ1) is 9.28. The van der Waals surface area contributed by atoms with Crippen LogP contribution in [0.15, 0.2) is 4.90 Å². The third kappa shape index (κ3) is 2.89. The first-order valence-corrected chi connectivity index (χ1v) is 8.47. The van der Waals surface area contributed by atoms with Crippen molar-refractivity contribution in [2.24, 2.45) is 5.41 Å². The lowest BCUT2D eigenvalue weighted by Crippen LogP contribution is -2.41. The number of aromatic nitrogens is 2. The molecule has 2 rings (SSSR count). The highest BCUT2D eigenvalue weighted by atomic mass is 32.2. The van der Waals surface area contributed by atoms with Crippen LogP contribution in [0, 0.1) is 12.3 Å². The van der Waals surface area contributed by atoms with Crippen molar-refractivity contribution in [2.45, 2.75) is 57.5 Å². The molecule has 20 heavy (non-hydrogen) atoms. The molecule has 1 atom stereocenters. The van der Waals surface area contributed by atoms with E-state index in [9.17, 15) is 8.42 Å². The van der Waals surface area contributed by atoms with Gasteiger partial charge in [-0.3, -0.25) is 5.10 Å². The molecular weight excluding hydrogens is 276 g/mol. The number of aromatic amines is 1. The topological polar surface area (TPSA) is 86.9 Å². The molecule has 6 nitrogen and oxygen atoms in total. The third-order valence-corrected chi connectivity index (χ3v) is 5.80. The minimum atomic E-state index is -3.54. The van der Waals surface area contributed by atoms with E-state index in [1.807, 2.05) is 0 Å². The van der Waals surface area contributed by atoms with Gasteiger partial charge in [0.05, 0.1) is 11.4 Å². The van der Waals surface area contributed by atoms with E-state index in [4.69, 9.17) is 0 Å². The quantitative estimate of drug-likeness (QED) is 0.765. The van der Waals surface area contributed by atoms with Crippen LogP contribution in [0.2, 0.25) is 0 Å². The van der Waals surface area contributed by atoms with Crippen LogP contribution in [0.25, 0.3) is 0 Å². The molecular formula is C13H24N4O2S. The van der Waals surface area contributed by atoms with Gasteiger partial charge < -0.3 is 5.32 Å². The van der Waals surface area contributed by atoms with Crippen molar-refractivity contribution in [2.75, 3.05) is 7.05 Å². The van der Waals surface area contributed by atoms with Crippen LogP contribution in [0.1, 0.15) is 44.5 Å². The van der Waals surface area contributed by atoms with Crippen molar-refractivity contribution in [3.05, 3.63) is 11.4 Å². The minimum absolute atomic E-state index is 0.00782. The number of sulfonamides is 1. The van der Waals surface area contributed by atoms with E-state index < -0.39 is 10.0 Å². The van der Waals surface area contributed by atoms with Gasteiger partial charge in [0.2, 0.25) is 10.0 Å². The Kier molecular flexibility index (Phi) is 4.22. The number of rotatable bonds is 5. The lowest BCUT2D eigenvalue weighted by atomic mass is 9.88. The Hall–Kier alpha value is -0.920. The molecule has 1 aliphatic rings. The summed E-state index contributed by atoms with van der Waals surface area (Å²) >= 11 is 0. The van der Waals surface area contributed by atoms with Gasteiger partial charge >= 0.3 is 0 Å². The van der Waals surface area contributed by atoms with Gasteiger partial charge in [0.25, 0.3) is 0 Å². The molecule has 1 heterocycles. The van der Waals surface area contributed by atoms with Gasteiger partial charge in [-0.05, 0) is 32.2 Å². The molecule has 0 bridgehead atoms.